The molecule has 0 bridgehead atoms. The van der Waals surface area contributed by atoms with Crippen molar-refractivity contribution >= 4 is 17.9 Å². The van der Waals surface area contributed by atoms with Crippen LogP contribution in [0, 0.1) is 0 Å². The van der Waals surface area contributed by atoms with Crippen LogP contribution in [0.25, 0.3) is 0 Å². The molecule has 0 rings (SSSR count). The molecule has 6 nitrogen and oxygen atoms in total. The molecule has 0 amide bonds. The first-order valence-corrected chi connectivity index (χ1v) is 32.8. The third-order valence-electron chi connectivity index (χ3n) is 14.5. The summed E-state index contributed by atoms with van der Waals surface area (Å²) in [4.78, 5) is 38.3. The maximum absolute atomic E-state index is 12.9. The van der Waals surface area contributed by atoms with Crippen LogP contribution in [-0.2, 0) is 28.6 Å². The Bertz CT molecular complexity index is 1340. The highest BCUT2D eigenvalue weighted by atomic mass is 16.6. The number of carbonyl (C=O) groups excluding carboxylic acids is 3. The number of carbonyl (C=O) groups is 3. The second-order valence-electron chi connectivity index (χ2n) is 22.0. The third-order valence-corrected chi connectivity index (χ3v) is 14.5. The van der Waals surface area contributed by atoms with Gasteiger partial charge in [-0.2, -0.15) is 0 Å². The molecule has 0 aliphatic heterocycles. The van der Waals surface area contributed by atoms with Crippen molar-refractivity contribution in [1.82, 2.24) is 0 Å². The fourth-order valence-electron chi connectivity index (χ4n) is 9.61. The minimum Gasteiger partial charge on any atom is -0.462 e. The van der Waals surface area contributed by atoms with E-state index in [1.54, 1.807) is 0 Å². The lowest BCUT2D eigenvalue weighted by Crippen LogP contribution is -2.30. The Morgan fingerprint density at radius 1 is 0.280 bits per heavy atom. The van der Waals surface area contributed by atoms with E-state index in [0.717, 1.165) is 89.9 Å². The zero-order valence-electron chi connectivity index (χ0n) is 50.1. The van der Waals surface area contributed by atoms with Crippen LogP contribution in [0.15, 0.2) is 60.8 Å². The minimum atomic E-state index is -0.778. The molecule has 0 saturated heterocycles. The Morgan fingerprint density at radius 2 is 0.520 bits per heavy atom. The molecule has 436 valence electrons. The molecule has 1 atom stereocenters. The molecule has 0 aliphatic rings. The fraction of sp³-hybridized carbons (Fsp3) is 0.812. The van der Waals surface area contributed by atoms with Gasteiger partial charge in [0.05, 0.1) is 0 Å². The molecule has 0 heterocycles. The zero-order valence-corrected chi connectivity index (χ0v) is 50.1. The molecule has 75 heavy (non-hydrogen) atoms. The molecule has 0 spiro atoms. The molecule has 0 fully saturated rings. The molecular formula is C69H124O6. The van der Waals surface area contributed by atoms with Crippen molar-refractivity contribution in [3.05, 3.63) is 60.8 Å². The molecule has 0 aliphatic carbocycles. The van der Waals surface area contributed by atoms with Gasteiger partial charge in [0.1, 0.15) is 13.2 Å². The van der Waals surface area contributed by atoms with Gasteiger partial charge in [0.2, 0.25) is 0 Å². The van der Waals surface area contributed by atoms with Gasteiger partial charge in [-0.25, -0.2) is 0 Å². The molecule has 6 heteroatoms. The Balaban J connectivity index is 4.30. The molecule has 0 N–H and O–H groups in total. The summed E-state index contributed by atoms with van der Waals surface area (Å²) in [7, 11) is 0. The third kappa shape index (κ3) is 61.8. The summed E-state index contributed by atoms with van der Waals surface area (Å²) >= 11 is 0. The van der Waals surface area contributed by atoms with Gasteiger partial charge in [-0.05, 0) is 83.5 Å². The summed E-state index contributed by atoms with van der Waals surface area (Å²) in [5.41, 5.74) is 0. The van der Waals surface area contributed by atoms with Crippen molar-refractivity contribution < 1.29 is 28.6 Å². The summed E-state index contributed by atoms with van der Waals surface area (Å²) in [6.07, 6.45) is 80.8. The van der Waals surface area contributed by atoms with Gasteiger partial charge in [0.25, 0.3) is 0 Å². The lowest BCUT2D eigenvalue weighted by Gasteiger charge is -2.18. The van der Waals surface area contributed by atoms with E-state index in [1.807, 2.05) is 0 Å². The Hall–Kier alpha value is -2.89. The average Bonchev–Trinajstić information content (AvgIpc) is 3.41. The van der Waals surface area contributed by atoms with Crippen molar-refractivity contribution in [2.24, 2.45) is 0 Å². The number of unbranched alkanes of at least 4 members (excludes halogenated alkanes) is 39. The van der Waals surface area contributed by atoms with Gasteiger partial charge in [-0.15, -0.1) is 0 Å². The van der Waals surface area contributed by atoms with E-state index in [2.05, 4.69) is 81.5 Å². The number of rotatable bonds is 60. The number of allylic oxidation sites excluding steroid dienone is 10. The first kappa shape index (κ1) is 72.1. The molecule has 0 aromatic carbocycles. The van der Waals surface area contributed by atoms with Crippen LogP contribution in [0.4, 0.5) is 0 Å². The number of esters is 3. The Labute approximate surface area is 466 Å². The standard InChI is InChI=1S/C69H124O6/c1-4-7-10-13-16-19-22-25-28-31-32-33-34-35-36-37-38-39-42-44-47-50-53-56-59-62-68(71)74-65-66(75-69(72)63-60-57-54-51-48-45-41-30-27-24-21-18-15-12-9-6-3)64-73-67(70)61-58-55-52-49-46-43-40-29-26-23-20-17-14-11-8-5-2/h7,10,16,19,25,28,30,32-33,41,66H,4-6,8-9,11-15,17-18,20-24,26-27,29,31,34-40,42-65H2,1-3H3/b10-7-,19-16-,28-25-,33-32-,41-30-. The van der Waals surface area contributed by atoms with Gasteiger partial charge in [0, 0.05) is 19.3 Å². The summed E-state index contributed by atoms with van der Waals surface area (Å²) < 4.78 is 17.0. The fourth-order valence-corrected chi connectivity index (χ4v) is 9.61. The lowest BCUT2D eigenvalue weighted by atomic mass is 10.0. The molecular weight excluding hydrogens is 925 g/mol. The zero-order chi connectivity index (χ0) is 54.3. The van der Waals surface area contributed by atoms with E-state index < -0.39 is 6.10 Å². The SMILES string of the molecule is CC/C=C\C/C=C\C/C=C\C/C=C\CCCCCCCCCCCCCCC(=O)OCC(COC(=O)CCCCCCCCCCCCCCCCCC)OC(=O)CCCCCCC/C=C\CCCCCCCCC. The maximum atomic E-state index is 12.9. The highest BCUT2D eigenvalue weighted by Gasteiger charge is 2.19. The number of hydrogen-bond donors (Lipinski definition) is 0. The van der Waals surface area contributed by atoms with Crippen LogP contribution in [0.1, 0.15) is 342 Å². The highest BCUT2D eigenvalue weighted by molar-refractivity contribution is 5.71. The van der Waals surface area contributed by atoms with Crippen LogP contribution in [-0.4, -0.2) is 37.2 Å². The molecule has 0 saturated carbocycles. The summed E-state index contributed by atoms with van der Waals surface area (Å²) in [5.74, 6) is -0.863. The highest BCUT2D eigenvalue weighted by Crippen LogP contribution is 2.17. The van der Waals surface area contributed by atoms with Crippen LogP contribution in [0.3, 0.4) is 0 Å². The van der Waals surface area contributed by atoms with Crippen LogP contribution in [0.5, 0.6) is 0 Å². The van der Waals surface area contributed by atoms with Crippen LogP contribution in [0.2, 0.25) is 0 Å². The number of ether oxygens (including phenoxy) is 3. The van der Waals surface area contributed by atoms with Crippen molar-refractivity contribution in [3.8, 4) is 0 Å². The average molecular weight is 1050 g/mol. The van der Waals surface area contributed by atoms with Crippen LogP contribution >= 0.6 is 0 Å². The number of hydrogen-bond acceptors (Lipinski definition) is 6. The summed E-state index contributed by atoms with van der Waals surface area (Å²) in [6, 6.07) is 0. The first-order chi connectivity index (χ1) is 37.0. The molecule has 1 unspecified atom stereocenters. The van der Waals surface area contributed by atoms with E-state index in [4.69, 9.17) is 14.2 Å². The van der Waals surface area contributed by atoms with E-state index in [1.165, 1.54) is 212 Å². The van der Waals surface area contributed by atoms with E-state index >= 15 is 0 Å². The molecule has 0 aromatic rings. The Kier molecular flexibility index (Phi) is 61.2. The van der Waals surface area contributed by atoms with Crippen molar-refractivity contribution in [2.75, 3.05) is 13.2 Å². The van der Waals surface area contributed by atoms with E-state index in [-0.39, 0.29) is 31.1 Å². The van der Waals surface area contributed by atoms with Gasteiger partial charge >= 0.3 is 17.9 Å². The summed E-state index contributed by atoms with van der Waals surface area (Å²) in [5, 5.41) is 0. The van der Waals surface area contributed by atoms with Gasteiger partial charge in [-0.3, -0.25) is 14.4 Å². The van der Waals surface area contributed by atoms with Gasteiger partial charge in [-0.1, -0.05) is 300 Å². The van der Waals surface area contributed by atoms with Crippen molar-refractivity contribution in [1.29, 1.82) is 0 Å². The Morgan fingerprint density at radius 3 is 0.827 bits per heavy atom. The van der Waals surface area contributed by atoms with E-state index in [0.29, 0.717) is 19.3 Å². The van der Waals surface area contributed by atoms with Crippen molar-refractivity contribution in [3.63, 3.8) is 0 Å². The molecule has 0 radical (unpaired) electrons. The largest absolute Gasteiger partial charge is 0.462 e. The smallest absolute Gasteiger partial charge is 0.306 e. The predicted molar refractivity (Wildman–Crippen MR) is 325 cm³/mol. The summed E-state index contributed by atoms with van der Waals surface area (Å²) in [6.45, 7) is 6.57. The van der Waals surface area contributed by atoms with Gasteiger partial charge < -0.3 is 14.2 Å². The molecule has 0 aromatic heterocycles. The predicted octanol–water partition coefficient (Wildman–Crippen LogP) is 22.3. The first-order valence-electron chi connectivity index (χ1n) is 32.8. The second-order valence-corrected chi connectivity index (χ2v) is 22.0. The lowest BCUT2D eigenvalue weighted by molar-refractivity contribution is -0.167. The van der Waals surface area contributed by atoms with Crippen molar-refractivity contribution in [2.45, 2.75) is 348 Å². The second kappa shape index (κ2) is 63.6. The monoisotopic (exact) mass is 1050 g/mol. The quantitative estimate of drug-likeness (QED) is 0.0261. The topological polar surface area (TPSA) is 78.9 Å². The van der Waals surface area contributed by atoms with Gasteiger partial charge in [0.15, 0.2) is 6.10 Å². The maximum Gasteiger partial charge on any atom is 0.306 e. The van der Waals surface area contributed by atoms with E-state index in [9.17, 15) is 14.4 Å². The minimum absolute atomic E-state index is 0.0735. The van der Waals surface area contributed by atoms with Crippen LogP contribution < -0.4 is 0 Å². The normalized spacial score (nSPS) is 12.4.